The molecule has 1 fully saturated rings. The number of nitriles is 1. The molecular formula is C14H16N2OS. The van der Waals surface area contributed by atoms with Gasteiger partial charge in [0.25, 0.3) is 0 Å². The Bertz CT molecular complexity index is 491. The van der Waals surface area contributed by atoms with Gasteiger partial charge in [-0.05, 0) is 42.4 Å². The minimum atomic E-state index is -0.315. The van der Waals surface area contributed by atoms with Gasteiger partial charge in [0.2, 0.25) is 0 Å². The number of ether oxygens (including phenoxy) is 1. The van der Waals surface area contributed by atoms with Crippen molar-refractivity contribution in [2.24, 2.45) is 5.41 Å². The number of nitrogens with one attached hydrogen (secondary N) is 1. The van der Waals surface area contributed by atoms with E-state index in [1.807, 2.05) is 11.8 Å². The molecule has 0 spiro atoms. The van der Waals surface area contributed by atoms with E-state index >= 15 is 0 Å². The number of hydrogen-bond acceptors (Lipinski definition) is 4. The fourth-order valence-electron chi connectivity index (χ4n) is 2.30. The Morgan fingerprint density at radius 1 is 1.44 bits per heavy atom. The fourth-order valence-corrected chi connectivity index (χ4v) is 3.32. The summed E-state index contributed by atoms with van der Waals surface area (Å²) in [7, 11) is 0. The van der Waals surface area contributed by atoms with E-state index in [9.17, 15) is 0 Å². The van der Waals surface area contributed by atoms with Gasteiger partial charge in [-0.25, -0.2) is 0 Å². The van der Waals surface area contributed by atoms with Crippen molar-refractivity contribution in [3.8, 4) is 6.07 Å². The van der Waals surface area contributed by atoms with Crippen molar-refractivity contribution in [2.75, 3.05) is 30.8 Å². The first kappa shape index (κ1) is 11.9. The Labute approximate surface area is 112 Å². The molecule has 3 rings (SSSR count). The lowest BCUT2D eigenvalue weighted by molar-refractivity contribution is -0.0690. The van der Waals surface area contributed by atoms with E-state index in [-0.39, 0.29) is 5.41 Å². The molecule has 0 saturated carbocycles. The number of aryl methyl sites for hydroxylation is 1. The van der Waals surface area contributed by atoms with E-state index in [0.29, 0.717) is 19.8 Å². The molecule has 1 N–H and O–H groups in total. The van der Waals surface area contributed by atoms with Crippen molar-refractivity contribution in [3.05, 3.63) is 23.8 Å². The highest BCUT2D eigenvalue weighted by molar-refractivity contribution is 7.99. The first-order valence-corrected chi connectivity index (χ1v) is 7.29. The second-order valence-corrected chi connectivity index (χ2v) is 6.15. The molecule has 0 radical (unpaired) electrons. The molecule has 0 unspecified atom stereocenters. The van der Waals surface area contributed by atoms with Gasteiger partial charge < -0.3 is 10.1 Å². The van der Waals surface area contributed by atoms with Crippen LogP contribution < -0.4 is 5.32 Å². The van der Waals surface area contributed by atoms with Crippen LogP contribution in [0.25, 0.3) is 0 Å². The summed E-state index contributed by atoms with van der Waals surface area (Å²) < 4.78 is 5.14. The molecule has 94 valence electrons. The molecule has 2 aliphatic rings. The highest BCUT2D eigenvalue weighted by Gasteiger charge is 2.38. The van der Waals surface area contributed by atoms with E-state index in [1.54, 1.807) is 0 Å². The van der Waals surface area contributed by atoms with E-state index in [0.717, 1.165) is 5.69 Å². The van der Waals surface area contributed by atoms with Crippen LogP contribution in [0.15, 0.2) is 23.1 Å². The topological polar surface area (TPSA) is 45.0 Å². The van der Waals surface area contributed by atoms with Crippen LogP contribution in [-0.4, -0.2) is 25.5 Å². The molecule has 0 bridgehead atoms. The number of rotatable bonds is 3. The van der Waals surface area contributed by atoms with Crippen LogP contribution in [0.5, 0.6) is 0 Å². The average Bonchev–Trinajstić information content (AvgIpc) is 2.38. The maximum atomic E-state index is 9.13. The standard InChI is InChI=1S/C14H16N2OS/c15-7-14(9-17-10-14)8-16-12-3-4-13-11(6-12)2-1-5-18-13/h3-4,6,16H,1-2,5,8-10H2. The van der Waals surface area contributed by atoms with Crippen molar-refractivity contribution >= 4 is 17.4 Å². The Morgan fingerprint density at radius 3 is 3.06 bits per heavy atom. The number of thioether (sulfide) groups is 1. The summed E-state index contributed by atoms with van der Waals surface area (Å²) in [6.45, 7) is 1.78. The fraction of sp³-hybridized carbons (Fsp3) is 0.500. The van der Waals surface area contributed by atoms with Crippen molar-refractivity contribution < 1.29 is 4.74 Å². The summed E-state index contributed by atoms with van der Waals surface area (Å²) in [6, 6.07) is 8.89. The number of anilines is 1. The van der Waals surface area contributed by atoms with E-state index in [4.69, 9.17) is 10.00 Å². The van der Waals surface area contributed by atoms with Crippen LogP contribution in [0.1, 0.15) is 12.0 Å². The van der Waals surface area contributed by atoms with Crippen LogP contribution >= 0.6 is 11.8 Å². The lowest BCUT2D eigenvalue weighted by Crippen LogP contribution is -2.46. The molecule has 1 saturated heterocycles. The van der Waals surface area contributed by atoms with Crippen molar-refractivity contribution in [2.45, 2.75) is 17.7 Å². The van der Waals surface area contributed by atoms with Gasteiger partial charge in [0.15, 0.2) is 0 Å². The Morgan fingerprint density at radius 2 is 2.33 bits per heavy atom. The van der Waals surface area contributed by atoms with Crippen LogP contribution in [0.3, 0.4) is 0 Å². The molecule has 0 aromatic heterocycles. The van der Waals surface area contributed by atoms with Gasteiger partial charge in [-0.15, -0.1) is 11.8 Å². The zero-order chi connectivity index (χ0) is 12.4. The van der Waals surface area contributed by atoms with Gasteiger partial charge >= 0.3 is 0 Å². The molecule has 4 heteroatoms. The normalized spacial score (nSPS) is 20.4. The predicted molar refractivity (Wildman–Crippen MR) is 72.8 cm³/mol. The summed E-state index contributed by atoms with van der Waals surface area (Å²) in [5.74, 6) is 1.23. The van der Waals surface area contributed by atoms with Crippen molar-refractivity contribution in [1.29, 1.82) is 5.26 Å². The number of nitrogens with zero attached hydrogens (tertiary/aromatic N) is 1. The van der Waals surface area contributed by atoms with E-state index < -0.39 is 0 Å². The maximum Gasteiger partial charge on any atom is 0.121 e. The molecular weight excluding hydrogens is 244 g/mol. The van der Waals surface area contributed by atoms with Crippen LogP contribution in [-0.2, 0) is 11.2 Å². The Balaban J connectivity index is 1.68. The van der Waals surface area contributed by atoms with Crippen molar-refractivity contribution in [3.63, 3.8) is 0 Å². The third-order valence-electron chi connectivity index (χ3n) is 3.53. The summed E-state index contributed by atoms with van der Waals surface area (Å²) in [4.78, 5) is 1.41. The summed E-state index contributed by atoms with van der Waals surface area (Å²) in [6.07, 6.45) is 2.43. The van der Waals surface area contributed by atoms with Crippen molar-refractivity contribution in [1.82, 2.24) is 0 Å². The third kappa shape index (κ3) is 2.21. The molecule has 0 atom stereocenters. The second-order valence-electron chi connectivity index (χ2n) is 5.01. The van der Waals surface area contributed by atoms with Crippen LogP contribution in [0.2, 0.25) is 0 Å². The van der Waals surface area contributed by atoms with Gasteiger partial charge in [0.1, 0.15) is 5.41 Å². The lowest BCUT2D eigenvalue weighted by atomic mass is 9.88. The minimum absolute atomic E-state index is 0.315. The molecule has 18 heavy (non-hydrogen) atoms. The van der Waals surface area contributed by atoms with E-state index in [2.05, 4.69) is 29.6 Å². The van der Waals surface area contributed by atoms with E-state index in [1.165, 1.54) is 29.1 Å². The molecule has 0 amide bonds. The molecule has 2 aliphatic heterocycles. The third-order valence-corrected chi connectivity index (χ3v) is 4.74. The van der Waals surface area contributed by atoms with Crippen LogP contribution in [0, 0.1) is 16.7 Å². The highest BCUT2D eigenvalue weighted by atomic mass is 32.2. The highest BCUT2D eigenvalue weighted by Crippen LogP contribution is 2.32. The zero-order valence-corrected chi connectivity index (χ0v) is 11.1. The molecule has 2 heterocycles. The molecule has 1 aromatic carbocycles. The van der Waals surface area contributed by atoms with Gasteiger partial charge in [-0.1, -0.05) is 0 Å². The summed E-state index contributed by atoms with van der Waals surface area (Å²) in [5, 5.41) is 12.5. The quantitative estimate of drug-likeness (QED) is 0.907. The van der Waals surface area contributed by atoms with Gasteiger partial charge in [0, 0.05) is 17.1 Å². The smallest absolute Gasteiger partial charge is 0.121 e. The average molecular weight is 260 g/mol. The minimum Gasteiger partial charge on any atom is -0.383 e. The number of fused-ring (bicyclic) bond motifs is 1. The van der Waals surface area contributed by atoms with Gasteiger partial charge in [-0.2, -0.15) is 5.26 Å². The monoisotopic (exact) mass is 260 g/mol. The predicted octanol–water partition coefficient (Wildman–Crippen LogP) is 2.68. The van der Waals surface area contributed by atoms with Gasteiger partial charge in [-0.3, -0.25) is 0 Å². The zero-order valence-electron chi connectivity index (χ0n) is 10.2. The number of hydrogen-bond donors (Lipinski definition) is 1. The maximum absolute atomic E-state index is 9.13. The van der Waals surface area contributed by atoms with Gasteiger partial charge in [0.05, 0.1) is 19.3 Å². The first-order chi connectivity index (χ1) is 8.81. The second kappa shape index (κ2) is 4.83. The lowest BCUT2D eigenvalue weighted by Gasteiger charge is -2.35. The molecule has 3 nitrogen and oxygen atoms in total. The largest absolute Gasteiger partial charge is 0.383 e. The Kier molecular flexibility index (Phi) is 3.19. The summed E-state index contributed by atoms with van der Waals surface area (Å²) in [5.41, 5.74) is 2.25. The molecule has 1 aromatic rings. The Hall–Kier alpha value is -1.18. The SMILES string of the molecule is N#CC1(CNc2ccc3c(c2)CCCS3)COC1. The summed E-state index contributed by atoms with van der Waals surface area (Å²) >= 11 is 1.94. The first-order valence-electron chi connectivity index (χ1n) is 6.30. The molecule has 0 aliphatic carbocycles. The number of benzene rings is 1. The van der Waals surface area contributed by atoms with Crippen LogP contribution in [0.4, 0.5) is 5.69 Å².